The molecule has 1 heterocycles. The molecule has 0 radical (unpaired) electrons. The second kappa shape index (κ2) is 12.1. The summed E-state index contributed by atoms with van der Waals surface area (Å²) in [6, 6.07) is 31.7. The molecule has 0 aromatic heterocycles. The summed E-state index contributed by atoms with van der Waals surface area (Å²) in [5.74, 6) is 0.839. The van der Waals surface area contributed by atoms with Gasteiger partial charge in [0.05, 0.1) is 12.6 Å². The van der Waals surface area contributed by atoms with E-state index >= 15 is 0 Å². The molecule has 0 saturated heterocycles. The Balaban J connectivity index is 1.29. The maximum atomic E-state index is 14.2. The van der Waals surface area contributed by atoms with Crippen LogP contribution in [0.2, 0.25) is 0 Å². The van der Waals surface area contributed by atoms with E-state index in [0.717, 1.165) is 37.9 Å². The molecule has 1 aliphatic heterocycles. The van der Waals surface area contributed by atoms with E-state index in [4.69, 9.17) is 19.6 Å². The first-order valence-corrected chi connectivity index (χ1v) is 14.9. The highest BCUT2D eigenvalue weighted by Crippen LogP contribution is 2.43. The van der Waals surface area contributed by atoms with Gasteiger partial charge in [0, 0.05) is 29.5 Å². The summed E-state index contributed by atoms with van der Waals surface area (Å²) in [6.45, 7) is 2.41. The first kappa shape index (κ1) is 28.2. The second-order valence-corrected chi connectivity index (χ2v) is 11.5. The summed E-state index contributed by atoms with van der Waals surface area (Å²) in [4.78, 5) is 19.2. The minimum atomic E-state index is -1.20. The number of aliphatic hydroxyl groups excluding tert-OH is 1. The van der Waals surface area contributed by atoms with Crippen molar-refractivity contribution in [3.63, 3.8) is 0 Å². The van der Waals surface area contributed by atoms with Gasteiger partial charge in [-0.15, -0.1) is 0 Å². The molecule has 1 amide bonds. The molecule has 4 aromatic rings. The van der Waals surface area contributed by atoms with Crippen molar-refractivity contribution in [2.45, 2.75) is 37.5 Å². The van der Waals surface area contributed by atoms with Gasteiger partial charge >= 0.3 is 0 Å². The molecule has 214 valence electrons. The number of fused-ring (bicyclic) bond motifs is 3. The fourth-order valence-electron chi connectivity index (χ4n) is 5.61. The first-order valence-electron chi connectivity index (χ1n) is 14.1. The van der Waals surface area contributed by atoms with Crippen LogP contribution >= 0.6 is 15.9 Å². The summed E-state index contributed by atoms with van der Waals surface area (Å²) >= 11 is 3.50. The summed E-state index contributed by atoms with van der Waals surface area (Å²) in [5, 5.41) is 9.00. The van der Waals surface area contributed by atoms with E-state index < -0.39 is 11.6 Å². The van der Waals surface area contributed by atoms with E-state index in [2.05, 4.69) is 51.0 Å². The molecule has 6 rings (SSSR count). The minimum absolute atomic E-state index is 0.0811. The highest BCUT2D eigenvalue weighted by molar-refractivity contribution is 9.10. The Bertz CT molecular complexity index is 1560. The highest BCUT2D eigenvalue weighted by Gasteiger charge is 2.50. The standard InChI is InChI=1S/C34H32BrN3O4/c1-22-34(21-23-11-15-25(35)16-12-23,36-32(42-22)24-13-17-26(18-14-24)41-20-6-19-39)33(40)38-37-31-29-9-4-2-7-27(29)28-8-3-5-10-30(28)31/h2-5,7-18,22,31,37,39H,6,19-21H2,1H3,(H,38,40)/t22-,34-/m0/s1. The van der Waals surface area contributed by atoms with Crippen molar-refractivity contribution in [2.75, 3.05) is 13.2 Å². The Hall–Kier alpha value is -3.98. The number of halogens is 1. The van der Waals surface area contributed by atoms with Gasteiger partial charge in [-0.1, -0.05) is 76.6 Å². The van der Waals surface area contributed by atoms with Crippen molar-refractivity contribution in [1.29, 1.82) is 0 Å². The lowest BCUT2D eigenvalue weighted by Gasteiger charge is -2.29. The van der Waals surface area contributed by atoms with Crippen molar-refractivity contribution in [2.24, 2.45) is 4.99 Å². The predicted molar refractivity (Wildman–Crippen MR) is 166 cm³/mol. The molecule has 0 unspecified atom stereocenters. The van der Waals surface area contributed by atoms with E-state index in [9.17, 15) is 4.79 Å². The number of nitrogens with zero attached hydrogens (tertiary/aromatic N) is 1. The molecule has 7 nitrogen and oxygen atoms in total. The van der Waals surface area contributed by atoms with E-state index in [1.165, 1.54) is 0 Å². The zero-order valence-corrected chi connectivity index (χ0v) is 24.8. The third-order valence-corrected chi connectivity index (χ3v) is 8.41. The lowest BCUT2D eigenvalue weighted by molar-refractivity contribution is -0.129. The lowest BCUT2D eigenvalue weighted by Crippen LogP contribution is -2.56. The van der Waals surface area contributed by atoms with E-state index in [0.29, 0.717) is 31.1 Å². The number of benzene rings is 4. The Morgan fingerprint density at radius 3 is 2.24 bits per heavy atom. The Morgan fingerprint density at radius 1 is 0.952 bits per heavy atom. The number of amides is 1. The number of carbonyl (C=O) groups is 1. The number of carbonyl (C=O) groups excluding carboxylic acids is 1. The van der Waals surface area contributed by atoms with Crippen molar-refractivity contribution in [3.05, 3.63) is 124 Å². The maximum Gasteiger partial charge on any atom is 0.266 e. The van der Waals surface area contributed by atoms with Gasteiger partial charge in [0.2, 0.25) is 5.90 Å². The van der Waals surface area contributed by atoms with Gasteiger partial charge < -0.3 is 14.6 Å². The van der Waals surface area contributed by atoms with Crippen LogP contribution < -0.4 is 15.6 Å². The number of rotatable bonds is 10. The molecule has 1 aliphatic carbocycles. The van der Waals surface area contributed by atoms with Crippen LogP contribution in [0.3, 0.4) is 0 Å². The fraction of sp³-hybridized carbons (Fsp3) is 0.235. The Kier molecular flexibility index (Phi) is 8.11. The third kappa shape index (κ3) is 5.45. The average Bonchev–Trinajstić information content (AvgIpc) is 3.52. The van der Waals surface area contributed by atoms with Crippen molar-refractivity contribution < 1.29 is 19.4 Å². The summed E-state index contributed by atoms with van der Waals surface area (Å²) in [7, 11) is 0. The number of hydrogen-bond acceptors (Lipinski definition) is 6. The van der Waals surface area contributed by atoms with Gasteiger partial charge in [0.1, 0.15) is 11.9 Å². The highest BCUT2D eigenvalue weighted by atomic mass is 79.9. The van der Waals surface area contributed by atoms with Crippen LogP contribution in [0.25, 0.3) is 11.1 Å². The van der Waals surface area contributed by atoms with Gasteiger partial charge in [-0.2, -0.15) is 0 Å². The number of hydrogen-bond donors (Lipinski definition) is 3. The van der Waals surface area contributed by atoms with Gasteiger partial charge in [-0.05, 0) is 71.1 Å². The predicted octanol–water partition coefficient (Wildman–Crippen LogP) is 5.75. The van der Waals surface area contributed by atoms with E-state index in [-0.39, 0.29) is 18.6 Å². The monoisotopic (exact) mass is 625 g/mol. The molecular formula is C34H32BrN3O4. The summed E-state index contributed by atoms with van der Waals surface area (Å²) in [6.07, 6.45) is 0.398. The number of aliphatic imine (C=N–C) groups is 1. The maximum absolute atomic E-state index is 14.2. The quantitative estimate of drug-likeness (QED) is 0.154. The third-order valence-electron chi connectivity index (χ3n) is 7.88. The molecule has 0 fully saturated rings. The van der Waals surface area contributed by atoms with Crippen LogP contribution in [-0.2, 0) is 16.0 Å². The Morgan fingerprint density at radius 2 is 1.60 bits per heavy atom. The molecule has 0 spiro atoms. The molecule has 8 heteroatoms. The van der Waals surface area contributed by atoms with Crippen LogP contribution in [0.15, 0.2) is 107 Å². The van der Waals surface area contributed by atoms with Gasteiger partial charge in [0.15, 0.2) is 5.54 Å². The van der Waals surface area contributed by atoms with Crippen LogP contribution in [0, 0.1) is 0 Å². The zero-order valence-electron chi connectivity index (χ0n) is 23.2. The van der Waals surface area contributed by atoms with Crippen LogP contribution in [0.5, 0.6) is 5.75 Å². The molecule has 0 saturated carbocycles. The summed E-state index contributed by atoms with van der Waals surface area (Å²) in [5.41, 5.74) is 11.4. The number of nitrogens with one attached hydrogen (secondary N) is 2. The Labute approximate surface area is 253 Å². The van der Waals surface area contributed by atoms with E-state index in [1.807, 2.05) is 79.7 Å². The van der Waals surface area contributed by atoms with Crippen molar-refractivity contribution >= 4 is 27.7 Å². The molecule has 2 aliphatic rings. The van der Waals surface area contributed by atoms with Gasteiger partial charge in [0.25, 0.3) is 5.91 Å². The SMILES string of the molecule is C[C@@H]1OC(c2ccc(OCCCO)cc2)=N[C@]1(Cc1ccc(Br)cc1)C(=O)NNC1c2ccccc2-c2ccccc21. The van der Waals surface area contributed by atoms with E-state index in [1.54, 1.807) is 0 Å². The van der Waals surface area contributed by atoms with Crippen LogP contribution in [0.4, 0.5) is 0 Å². The van der Waals surface area contributed by atoms with Crippen molar-refractivity contribution in [3.8, 4) is 16.9 Å². The minimum Gasteiger partial charge on any atom is -0.494 e. The van der Waals surface area contributed by atoms with Gasteiger partial charge in [-0.3, -0.25) is 10.2 Å². The zero-order chi connectivity index (χ0) is 29.1. The summed E-state index contributed by atoms with van der Waals surface area (Å²) < 4.78 is 12.9. The normalized spacial score (nSPS) is 19.0. The topological polar surface area (TPSA) is 92.2 Å². The molecule has 0 bridgehead atoms. The van der Waals surface area contributed by atoms with Crippen molar-refractivity contribution in [1.82, 2.24) is 10.9 Å². The molecule has 4 aromatic carbocycles. The number of aliphatic hydroxyl groups is 1. The molecule has 42 heavy (non-hydrogen) atoms. The van der Waals surface area contributed by atoms with Crippen LogP contribution in [-0.4, -0.2) is 41.8 Å². The second-order valence-electron chi connectivity index (χ2n) is 10.6. The smallest absolute Gasteiger partial charge is 0.266 e. The molecular weight excluding hydrogens is 594 g/mol. The average molecular weight is 627 g/mol. The van der Waals surface area contributed by atoms with Crippen LogP contribution in [0.1, 0.15) is 41.6 Å². The number of ether oxygens (including phenoxy) is 2. The molecule has 2 atom stereocenters. The number of hydrazine groups is 1. The fourth-order valence-corrected chi connectivity index (χ4v) is 5.88. The lowest BCUT2D eigenvalue weighted by atomic mass is 9.86. The molecule has 3 N–H and O–H groups in total. The van der Waals surface area contributed by atoms with Gasteiger partial charge in [-0.25, -0.2) is 10.4 Å². The first-order chi connectivity index (χ1) is 20.5. The largest absolute Gasteiger partial charge is 0.494 e.